The molecular formula is C10H24O3. The lowest BCUT2D eigenvalue weighted by molar-refractivity contribution is -0.326. The van der Waals surface area contributed by atoms with Crippen LogP contribution in [0, 0.1) is 5.92 Å². The van der Waals surface area contributed by atoms with E-state index < -0.39 is 5.97 Å². The van der Waals surface area contributed by atoms with Gasteiger partial charge < -0.3 is 14.6 Å². The van der Waals surface area contributed by atoms with E-state index in [0.717, 1.165) is 5.92 Å². The highest BCUT2D eigenvalue weighted by molar-refractivity contribution is 4.41. The number of rotatable bonds is 4. The number of aliphatic hydroxyl groups is 1. The van der Waals surface area contributed by atoms with Gasteiger partial charge >= 0.3 is 0 Å². The SMILES string of the molecule is CCC(C)CC.COC(C)(O)OC. The number of ether oxygens (including phenoxy) is 2. The Balaban J connectivity index is 0. The lowest BCUT2D eigenvalue weighted by Gasteiger charge is -2.17. The number of hydrogen-bond acceptors (Lipinski definition) is 3. The van der Waals surface area contributed by atoms with E-state index in [0.29, 0.717) is 0 Å². The van der Waals surface area contributed by atoms with Crippen molar-refractivity contribution in [3.05, 3.63) is 0 Å². The first-order chi connectivity index (χ1) is 5.93. The van der Waals surface area contributed by atoms with Crippen molar-refractivity contribution in [3.8, 4) is 0 Å². The van der Waals surface area contributed by atoms with Crippen LogP contribution in [0.25, 0.3) is 0 Å². The van der Waals surface area contributed by atoms with E-state index >= 15 is 0 Å². The maximum atomic E-state index is 8.69. The van der Waals surface area contributed by atoms with Gasteiger partial charge in [0.25, 0.3) is 5.97 Å². The van der Waals surface area contributed by atoms with Gasteiger partial charge in [-0.15, -0.1) is 0 Å². The van der Waals surface area contributed by atoms with Crippen molar-refractivity contribution >= 4 is 0 Å². The summed E-state index contributed by atoms with van der Waals surface area (Å²) in [6.45, 7) is 8.15. The van der Waals surface area contributed by atoms with E-state index in [4.69, 9.17) is 5.11 Å². The lowest BCUT2D eigenvalue weighted by Crippen LogP contribution is -2.28. The first kappa shape index (κ1) is 15.4. The van der Waals surface area contributed by atoms with Crippen molar-refractivity contribution in [3.63, 3.8) is 0 Å². The van der Waals surface area contributed by atoms with Gasteiger partial charge in [-0.3, -0.25) is 0 Å². The molecule has 0 radical (unpaired) electrons. The molecule has 0 fully saturated rings. The van der Waals surface area contributed by atoms with Crippen molar-refractivity contribution < 1.29 is 14.6 Å². The minimum absolute atomic E-state index is 0.935. The van der Waals surface area contributed by atoms with Gasteiger partial charge in [-0.05, 0) is 5.92 Å². The monoisotopic (exact) mass is 192 g/mol. The van der Waals surface area contributed by atoms with E-state index in [1.165, 1.54) is 34.0 Å². The van der Waals surface area contributed by atoms with Crippen LogP contribution in [0.15, 0.2) is 0 Å². The Morgan fingerprint density at radius 2 is 1.46 bits per heavy atom. The third-order valence-electron chi connectivity index (χ3n) is 2.15. The molecule has 1 N–H and O–H groups in total. The molecular weight excluding hydrogens is 168 g/mol. The fourth-order valence-corrected chi connectivity index (χ4v) is 0.372. The van der Waals surface area contributed by atoms with E-state index in [1.807, 2.05) is 0 Å². The zero-order chi connectivity index (χ0) is 10.9. The Morgan fingerprint density at radius 3 is 1.46 bits per heavy atom. The van der Waals surface area contributed by atoms with Crippen LogP contribution in [0.5, 0.6) is 0 Å². The predicted octanol–water partition coefficient (Wildman–Crippen LogP) is 2.39. The highest BCUT2D eigenvalue weighted by Crippen LogP contribution is 2.03. The zero-order valence-electron chi connectivity index (χ0n) is 9.76. The second-order valence-corrected chi connectivity index (χ2v) is 3.23. The molecule has 3 heteroatoms. The molecule has 0 unspecified atom stereocenters. The van der Waals surface area contributed by atoms with Crippen LogP contribution in [-0.4, -0.2) is 25.3 Å². The van der Waals surface area contributed by atoms with Gasteiger partial charge in [0.15, 0.2) is 0 Å². The summed E-state index contributed by atoms with van der Waals surface area (Å²) >= 11 is 0. The van der Waals surface area contributed by atoms with Gasteiger partial charge in [-0.25, -0.2) is 0 Å². The van der Waals surface area contributed by atoms with Crippen molar-refractivity contribution in [2.24, 2.45) is 5.92 Å². The standard InChI is InChI=1S/C6H14.C4H10O3/c1-4-6(3)5-2;1-4(5,6-2)7-3/h6H,4-5H2,1-3H3;5H,1-3H3. The summed E-state index contributed by atoms with van der Waals surface area (Å²) in [4.78, 5) is 0. The van der Waals surface area contributed by atoms with E-state index in [-0.39, 0.29) is 0 Å². The van der Waals surface area contributed by atoms with Crippen molar-refractivity contribution in [2.75, 3.05) is 14.2 Å². The maximum Gasteiger partial charge on any atom is 0.276 e. The van der Waals surface area contributed by atoms with Gasteiger partial charge in [-0.1, -0.05) is 33.6 Å². The Kier molecular flexibility index (Phi) is 10.0. The minimum atomic E-state index is -1.42. The van der Waals surface area contributed by atoms with Crippen LogP contribution in [0.3, 0.4) is 0 Å². The van der Waals surface area contributed by atoms with Crippen LogP contribution < -0.4 is 0 Å². The molecule has 0 saturated heterocycles. The molecule has 0 bridgehead atoms. The quantitative estimate of drug-likeness (QED) is 0.695. The van der Waals surface area contributed by atoms with Crippen molar-refractivity contribution in [2.45, 2.75) is 46.5 Å². The highest BCUT2D eigenvalue weighted by atomic mass is 16.8. The van der Waals surface area contributed by atoms with E-state index in [1.54, 1.807) is 0 Å². The summed E-state index contributed by atoms with van der Waals surface area (Å²) in [5.74, 6) is -0.481. The molecule has 0 aromatic rings. The van der Waals surface area contributed by atoms with Gasteiger partial charge in [-0.2, -0.15) is 0 Å². The van der Waals surface area contributed by atoms with Gasteiger partial charge in [0.05, 0.1) is 0 Å². The molecule has 0 aliphatic carbocycles. The first-order valence-corrected chi connectivity index (χ1v) is 4.76. The van der Waals surface area contributed by atoms with Crippen LogP contribution >= 0.6 is 0 Å². The Morgan fingerprint density at radius 1 is 1.15 bits per heavy atom. The molecule has 0 saturated carbocycles. The summed E-state index contributed by atoms with van der Waals surface area (Å²) in [7, 11) is 2.73. The van der Waals surface area contributed by atoms with Crippen LogP contribution in [0.2, 0.25) is 0 Å². The molecule has 0 amide bonds. The normalized spacial score (nSPS) is 11.1. The molecule has 0 heterocycles. The van der Waals surface area contributed by atoms with Gasteiger partial charge in [0, 0.05) is 21.1 Å². The first-order valence-electron chi connectivity index (χ1n) is 4.76. The van der Waals surface area contributed by atoms with Crippen LogP contribution in [-0.2, 0) is 9.47 Å². The Bertz CT molecular complexity index is 92.3. The van der Waals surface area contributed by atoms with Crippen molar-refractivity contribution in [1.29, 1.82) is 0 Å². The summed E-state index contributed by atoms with van der Waals surface area (Å²) in [5.41, 5.74) is 0. The third-order valence-corrected chi connectivity index (χ3v) is 2.15. The number of methoxy groups -OCH3 is 2. The molecule has 0 aliphatic rings. The van der Waals surface area contributed by atoms with Gasteiger partial charge in [0.1, 0.15) is 0 Å². The zero-order valence-corrected chi connectivity index (χ0v) is 9.76. The smallest absolute Gasteiger partial charge is 0.276 e. The fraction of sp³-hybridized carbons (Fsp3) is 1.00. The molecule has 0 aromatic carbocycles. The molecule has 82 valence electrons. The second-order valence-electron chi connectivity index (χ2n) is 3.23. The Hall–Kier alpha value is -0.120. The lowest BCUT2D eigenvalue weighted by atomic mass is 10.1. The molecule has 0 atom stereocenters. The summed E-state index contributed by atoms with van der Waals surface area (Å²) < 4.78 is 8.84. The van der Waals surface area contributed by atoms with Crippen LogP contribution in [0.4, 0.5) is 0 Å². The molecule has 13 heavy (non-hydrogen) atoms. The minimum Gasteiger partial charge on any atom is -0.344 e. The predicted molar refractivity (Wildman–Crippen MR) is 54.4 cm³/mol. The third kappa shape index (κ3) is 11.9. The fourth-order valence-electron chi connectivity index (χ4n) is 0.372. The molecule has 0 spiro atoms. The summed E-state index contributed by atoms with van der Waals surface area (Å²) in [5, 5.41) is 8.69. The average Bonchev–Trinajstić information content (AvgIpc) is 2.17. The maximum absolute atomic E-state index is 8.69. The Labute approximate surface area is 82.1 Å². The van der Waals surface area contributed by atoms with Gasteiger partial charge in [0.2, 0.25) is 0 Å². The largest absolute Gasteiger partial charge is 0.344 e. The molecule has 0 aromatic heterocycles. The second kappa shape index (κ2) is 8.48. The average molecular weight is 192 g/mol. The van der Waals surface area contributed by atoms with E-state index in [2.05, 4.69) is 30.2 Å². The topological polar surface area (TPSA) is 38.7 Å². The molecule has 0 aliphatic heterocycles. The van der Waals surface area contributed by atoms with E-state index in [9.17, 15) is 0 Å². The molecule has 0 rings (SSSR count). The summed E-state index contributed by atoms with van der Waals surface area (Å²) in [6, 6.07) is 0. The van der Waals surface area contributed by atoms with Crippen molar-refractivity contribution in [1.82, 2.24) is 0 Å². The summed E-state index contributed by atoms with van der Waals surface area (Å²) in [6.07, 6.45) is 2.66. The number of hydrogen-bond donors (Lipinski definition) is 1. The highest BCUT2D eigenvalue weighted by Gasteiger charge is 2.15. The molecule has 3 nitrogen and oxygen atoms in total. The van der Waals surface area contributed by atoms with Crippen LogP contribution in [0.1, 0.15) is 40.5 Å².